The third kappa shape index (κ3) is 4.08. The number of halogens is 2. The van der Waals surface area contributed by atoms with E-state index in [0.29, 0.717) is 26.3 Å². The first-order valence-corrected chi connectivity index (χ1v) is 6.41. The topological polar surface area (TPSA) is 55.3 Å². The average Bonchev–Trinajstić information content (AvgIpc) is 2.37. The molecule has 5 nitrogen and oxygen atoms in total. The summed E-state index contributed by atoms with van der Waals surface area (Å²) in [7, 11) is 0. The van der Waals surface area contributed by atoms with Crippen molar-refractivity contribution in [2.75, 3.05) is 26.3 Å². The van der Waals surface area contributed by atoms with Gasteiger partial charge < -0.3 is 9.64 Å². The molecule has 0 aliphatic rings. The number of rotatable bonds is 6. The van der Waals surface area contributed by atoms with Gasteiger partial charge in [0.2, 0.25) is 0 Å². The van der Waals surface area contributed by atoms with E-state index in [-0.39, 0.29) is 21.8 Å². The first kappa shape index (κ1) is 15.1. The zero-order valence-electron chi connectivity index (χ0n) is 10.3. The minimum absolute atomic E-state index is 0.0549. The summed E-state index contributed by atoms with van der Waals surface area (Å²) in [6, 6.07) is 1.42. The number of hydrogen-bond acceptors (Lipinski definition) is 4. The molecule has 7 heteroatoms. The summed E-state index contributed by atoms with van der Waals surface area (Å²) in [6.07, 6.45) is 0. The average molecular weight is 292 g/mol. The Kier molecular flexibility index (Phi) is 6.32. The van der Waals surface area contributed by atoms with Crippen LogP contribution in [-0.2, 0) is 4.74 Å². The van der Waals surface area contributed by atoms with Gasteiger partial charge >= 0.3 is 0 Å². The van der Waals surface area contributed by atoms with E-state index in [9.17, 15) is 4.79 Å². The molecule has 0 fully saturated rings. The summed E-state index contributed by atoms with van der Waals surface area (Å²) in [6.45, 7) is 5.95. The van der Waals surface area contributed by atoms with Crippen LogP contribution in [0.15, 0.2) is 6.07 Å². The number of aromatic nitrogens is 2. The Morgan fingerprint density at radius 2 is 2.11 bits per heavy atom. The molecule has 0 aliphatic carbocycles. The molecule has 100 valence electrons. The second kappa shape index (κ2) is 7.51. The number of carbonyl (C=O) groups excluding carboxylic acids is 1. The predicted molar refractivity (Wildman–Crippen MR) is 70.1 cm³/mol. The van der Waals surface area contributed by atoms with E-state index in [1.165, 1.54) is 6.07 Å². The lowest BCUT2D eigenvalue weighted by Crippen LogP contribution is -2.34. The van der Waals surface area contributed by atoms with Gasteiger partial charge in [-0.05, 0) is 19.9 Å². The number of amides is 1. The molecule has 0 bridgehead atoms. The molecule has 0 unspecified atom stereocenters. The molecular formula is C11H15Cl2N3O2. The maximum atomic E-state index is 12.2. The summed E-state index contributed by atoms with van der Waals surface area (Å²) in [4.78, 5) is 13.8. The molecule has 0 atom stereocenters. The molecule has 0 radical (unpaired) electrons. The second-order valence-corrected chi connectivity index (χ2v) is 4.20. The molecule has 1 aromatic heterocycles. The molecular weight excluding hydrogens is 277 g/mol. The van der Waals surface area contributed by atoms with Gasteiger partial charge in [-0.2, -0.15) is 0 Å². The summed E-state index contributed by atoms with van der Waals surface area (Å²) in [5.41, 5.74) is 0.259. The van der Waals surface area contributed by atoms with Gasteiger partial charge in [0.25, 0.3) is 5.91 Å². The standard InChI is InChI=1S/C11H15Cl2N3O2/c1-3-16(5-6-18-4-2)11(17)8-7-9(12)14-15-10(8)13/h7H,3-6H2,1-2H3. The van der Waals surface area contributed by atoms with Gasteiger partial charge in [0, 0.05) is 19.7 Å². The Morgan fingerprint density at radius 1 is 1.39 bits per heavy atom. The Morgan fingerprint density at radius 3 is 2.72 bits per heavy atom. The molecule has 0 aliphatic heterocycles. The summed E-state index contributed by atoms with van der Waals surface area (Å²) in [5, 5.41) is 7.39. The maximum absolute atomic E-state index is 12.2. The van der Waals surface area contributed by atoms with Crippen molar-refractivity contribution in [1.29, 1.82) is 0 Å². The predicted octanol–water partition coefficient (Wildman–Crippen LogP) is 2.28. The number of likely N-dealkylation sites (N-methyl/N-ethyl adjacent to an activating group) is 1. The first-order chi connectivity index (χ1) is 8.60. The molecule has 1 rings (SSSR count). The van der Waals surface area contributed by atoms with Crippen LogP contribution in [0, 0.1) is 0 Å². The van der Waals surface area contributed by atoms with Gasteiger partial charge in [0.1, 0.15) is 0 Å². The van der Waals surface area contributed by atoms with Gasteiger partial charge in [-0.15, -0.1) is 10.2 Å². The van der Waals surface area contributed by atoms with E-state index in [1.807, 2.05) is 13.8 Å². The van der Waals surface area contributed by atoms with E-state index in [2.05, 4.69) is 10.2 Å². The van der Waals surface area contributed by atoms with E-state index in [0.717, 1.165) is 0 Å². The van der Waals surface area contributed by atoms with Crippen LogP contribution in [0.25, 0.3) is 0 Å². The zero-order valence-corrected chi connectivity index (χ0v) is 11.8. The van der Waals surface area contributed by atoms with Crippen molar-refractivity contribution in [1.82, 2.24) is 15.1 Å². The van der Waals surface area contributed by atoms with Crippen molar-refractivity contribution in [2.45, 2.75) is 13.8 Å². The van der Waals surface area contributed by atoms with Crippen LogP contribution in [0.1, 0.15) is 24.2 Å². The maximum Gasteiger partial charge on any atom is 0.257 e. The van der Waals surface area contributed by atoms with E-state index < -0.39 is 0 Å². The van der Waals surface area contributed by atoms with Gasteiger partial charge in [0.05, 0.1) is 12.2 Å². The number of ether oxygens (including phenoxy) is 1. The minimum atomic E-state index is -0.223. The normalized spacial score (nSPS) is 10.4. The molecule has 1 heterocycles. The Hall–Kier alpha value is -0.910. The third-order valence-electron chi connectivity index (χ3n) is 2.33. The summed E-state index contributed by atoms with van der Waals surface area (Å²) in [5.74, 6) is -0.223. The van der Waals surface area contributed by atoms with Crippen molar-refractivity contribution in [3.63, 3.8) is 0 Å². The quantitative estimate of drug-likeness (QED) is 0.755. The fourth-order valence-corrected chi connectivity index (χ4v) is 1.72. The van der Waals surface area contributed by atoms with Crippen LogP contribution in [0.4, 0.5) is 0 Å². The zero-order chi connectivity index (χ0) is 13.5. The van der Waals surface area contributed by atoms with Gasteiger partial charge in [-0.1, -0.05) is 23.2 Å². The SMILES string of the molecule is CCOCCN(CC)C(=O)c1cc(Cl)nnc1Cl. The molecule has 0 spiro atoms. The van der Waals surface area contributed by atoms with Crippen LogP contribution >= 0.6 is 23.2 Å². The van der Waals surface area contributed by atoms with E-state index >= 15 is 0 Å². The fraction of sp³-hybridized carbons (Fsp3) is 0.545. The Balaban J connectivity index is 2.79. The molecule has 0 N–H and O–H groups in total. The molecule has 18 heavy (non-hydrogen) atoms. The van der Waals surface area contributed by atoms with Crippen LogP contribution in [0.2, 0.25) is 10.3 Å². The molecule has 1 aromatic rings. The van der Waals surface area contributed by atoms with Crippen LogP contribution in [0.3, 0.4) is 0 Å². The van der Waals surface area contributed by atoms with Crippen molar-refractivity contribution >= 4 is 29.1 Å². The van der Waals surface area contributed by atoms with Crippen LogP contribution in [0.5, 0.6) is 0 Å². The van der Waals surface area contributed by atoms with Gasteiger partial charge in [-0.25, -0.2) is 0 Å². The highest BCUT2D eigenvalue weighted by Gasteiger charge is 2.18. The summed E-state index contributed by atoms with van der Waals surface area (Å²) >= 11 is 11.6. The van der Waals surface area contributed by atoms with Crippen molar-refractivity contribution < 1.29 is 9.53 Å². The molecule has 0 aromatic carbocycles. The van der Waals surface area contributed by atoms with Gasteiger partial charge in [-0.3, -0.25) is 4.79 Å². The number of carbonyl (C=O) groups is 1. The van der Waals surface area contributed by atoms with Crippen LogP contribution in [-0.4, -0.2) is 47.3 Å². The highest BCUT2D eigenvalue weighted by Crippen LogP contribution is 2.17. The van der Waals surface area contributed by atoms with Crippen molar-refractivity contribution in [2.24, 2.45) is 0 Å². The Labute approximate surface area is 116 Å². The molecule has 1 amide bonds. The lowest BCUT2D eigenvalue weighted by atomic mass is 10.2. The largest absolute Gasteiger partial charge is 0.380 e. The molecule has 0 saturated heterocycles. The highest BCUT2D eigenvalue weighted by molar-refractivity contribution is 6.34. The van der Waals surface area contributed by atoms with E-state index in [1.54, 1.807) is 4.90 Å². The number of hydrogen-bond donors (Lipinski definition) is 0. The second-order valence-electron chi connectivity index (χ2n) is 3.45. The Bertz CT molecular complexity index is 415. The van der Waals surface area contributed by atoms with Crippen molar-refractivity contribution in [3.05, 3.63) is 21.9 Å². The van der Waals surface area contributed by atoms with Gasteiger partial charge in [0.15, 0.2) is 10.3 Å². The van der Waals surface area contributed by atoms with Crippen molar-refractivity contribution in [3.8, 4) is 0 Å². The highest BCUT2D eigenvalue weighted by atomic mass is 35.5. The molecule has 0 saturated carbocycles. The summed E-state index contributed by atoms with van der Waals surface area (Å²) < 4.78 is 5.22. The van der Waals surface area contributed by atoms with Crippen LogP contribution < -0.4 is 0 Å². The lowest BCUT2D eigenvalue weighted by Gasteiger charge is -2.20. The lowest BCUT2D eigenvalue weighted by molar-refractivity contribution is 0.0669. The smallest absolute Gasteiger partial charge is 0.257 e. The van der Waals surface area contributed by atoms with E-state index in [4.69, 9.17) is 27.9 Å². The third-order valence-corrected chi connectivity index (χ3v) is 2.79. The minimum Gasteiger partial charge on any atom is -0.380 e. The monoisotopic (exact) mass is 291 g/mol. The first-order valence-electron chi connectivity index (χ1n) is 5.65. The fourth-order valence-electron chi connectivity index (χ4n) is 1.40. The number of nitrogens with zero attached hydrogens (tertiary/aromatic N) is 3.